The molecule has 0 amide bonds. The van der Waals surface area contributed by atoms with Gasteiger partial charge in [0.2, 0.25) is 0 Å². The van der Waals surface area contributed by atoms with Crippen LogP contribution in [0, 0.1) is 29.5 Å². The predicted molar refractivity (Wildman–Crippen MR) is 112 cm³/mol. The van der Waals surface area contributed by atoms with Gasteiger partial charge in [0.1, 0.15) is 16.6 Å². The van der Waals surface area contributed by atoms with Crippen molar-refractivity contribution >= 4 is 11.6 Å². The highest BCUT2D eigenvalue weighted by molar-refractivity contribution is 6.32. The zero-order valence-electron chi connectivity index (χ0n) is 16.7. The highest BCUT2D eigenvalue weighted by Crippen LogP contribution is 2.42. The smallest absolute Gasteiger partial charge is 0.148 e. The number of halogens is 2. The van der Waals surface area contributed by atoms with Crippen molar-refractivity contribution in [2.24, 2.45) is 23.7 Å². The van der Waals surface area contributed by atoms with Crippen LogP contribution in [0.1, 0.15) is 70.3 Å². The van der Waals surface area contributed by atoms with Gasteiger partial charge in [-0.1, -0.05) is 36.6 Å². The van der Waals surface area contributed by atoms with E-state index in [0.29, 0.717) is 12.4 Å². The van der Waals surface area contributed by atoms with Crippen molar-refractivity contribution in [3.05, 3.63) is 41.2 Å². The molecule has 3 heteroatoms. The lowest BCUT2D eigenvalue weighted by atomic mass is 9.68. The molecule has 2 saturated carbocycles. The third-order valence-corrected chi connectivity index (χ3v) is 7.31. The van der Waals surface area contributed by atoms with Crippen LogP contribution in [-0.4, -0.2) is 6.61 Å². The van der Waals surface area contributed by atoms with Crippen molar-refractivity contribution in [2.45, 2.75) is 71.1 Å². The van der Waals surface area contributed by atoms with Gasteiger partial charge in [0.25, 0.3) is 0 Å². The Morgan fingerprint density at radius 3 is 2.30 bits per heavy atom. The van der Waals surface area contributed by atoms with E-state index in [0.717, 1.165) is 42.1 Å². The molecule has 0 atom stereocenters. The summed E-state index contributed by atoms with van der Waals surface area (Å²) in [5, 5.41) is 0.133. The molecule has 3 rings (SSSR count). The number of aryl methyl sites for hydroxylation is 1. The Labute approximate surface area is 169 Å². The topological polar surface area (TPSA) is 9.23 Å². The van der Waals surface area contributed by atoms with Crippen molar-refractivity contribution in [1.29, 1.82) is 0 Å². The molecular weight excluding hydrogens is 359 g/mol. The fourth-order valence-electron chi connectivity index (χ4n) is 5.19. The highest BCUT2D eigenvalue weighted by atomic mass is 35.5. The van der Waals surface area contributed by atoms with E-state index in [9.17, 15) is 4.39 Å². The molecule has 1 nitrogen and oxygen atoms in total. The first-order chi connectivity index (χ1) is 13.1. The van der Waals surface area contributed by atoms with Crippen LogP contribution in [0.5, 0.6) is 5.75 Å². The molecule has 1 aromatic carbocycles. The van der Waals surface area contributed by atoms with E-state index in [-0.39, 0.29) is 10.8 Å². The van der Waals surface area contributed by atoms with Gasteiger partial charge < -0.3 is 4.74 Å². The summed E-state index contributed by atoms with van der Waals surface area (Å²) in [6.45, 7) is 6.34. The van der Waals surface area contributed by atoms with Gasteiger partial charge in [0, 0.05) is 0 Å². The van der Waals surface area contributed by atoms with E-state index >= 15 is 0 Å². The number of allylic oxidation sites excluding steroid dienone is 1. The molecule has 2 fully saturated rings. The Bertz CT molecular complexity index is 613. The molecule has 0 spiro atoms. The molecular formula is C24H34ClFO. The maximum absolute atomic E-state index is 14.5. The first kappa shape index (κ1) is 20.7. The van der Waals surface area contributed by atoms with Crippen molar-refractivity contribution in [2.75, 3.05) is 6.61 Å². The molecule has 0 bridgehead atoms. The number of rotatable bonds is 7. The van der Waals surface area contributed by atoms with Crippen LogP contribution in [0.15, 0.2) is 24.8 Å². The van der Waals surface area contributed by atoms with Gasteiger partial charge in [-0.3, -0.25) is 0 Å². The fraction of sp³-hybridized carbons (Fsp3) is 0.667. The van der Waals surface area contributed by atoms with E-state index in [4.69, 9.17) is 16.3 Å². The summed E-state index contributed by atoms with van der Waals surface area (Å²) in [7, 11) is 0. The van der Waals surface area contributed by atoms with Gasteiger partial charge in [0.15, 0.2) is 0 Å². The summed E-state index contributed by atoms with van der Waals surface area (Å²) in [6, 6.07) is 3.65. The molecule has 27 heavy (non-hydrogen) atoms. The van der Waals surface area contributed by atoms with Gasteiger partial charge in [0.05, 0.1) is 6.61 Å². The number of benzene rings is 1. The van der Waals surface area contributed by atoms with E-state index in [1.165, 1.54) is 51.4 Å². The average Bonchev–Trinajstić information content (AvgIpc) is 2.71. The van der Waals surface area contributed by atoms with E-state index in [1.54, 1.807) is 6.07 Å². The molecule has 0 aromatic heterocycles. The molecule has 0 heterocycles. The SMILES string of the molecule is C=CC1CCC(C2CCC(CCc3ccc(OCC)c(Cl)c3F)CC2)CC1. The Balaban J connectivity index is 1.45. The second kappa shape index (κ2) is 9.96. The van der Waals surface area contributed by atoms with Crippen LogP contribution in [0.4, 0.5) is 4.39 Å². The monoisotopic (exact) mass is 392 g/mol. The van der Waals surface area contributed by atoms with E-state index in [2.05, 4.69) is 12.7 Å². The Morgan fingerprint density at radius 1 is 1.07 bits per heavy atom. The zero-order valence-corrected chi connectivity index (χ0v) is 17.4. The molecule has 0 aliphatic heterocycles. The van der Waals surface area contributed by atoms with Crippen LogP contribution in [-0.2, 0) is 6.42 Å². The van der Waals surface area contributed by atoms with Gasteiger partial charge in [-0.05, 0) is 93.6 Å². The fourth-order valence-corrected chi connectivity index (χ4v) is 5.43. The van der Waals surface area contributed by atoms with Crippen LogP contribution in [0.25, 0.3) is 0 Å². The lowest BCUT2D eigenvalue weighted by Crippen LogP contribution is -2.25. The first-order valence-electron chi connectivity index (χ1n) is 10.8. The zero-order chi connectivity index (χ0) is 19.2. The molecule has 150 valence electrons. The summed E-state index contributed by atoms with van der Waals surface area (Å²) in [5.41, 5.74) is 0.730. The molecule has 1 aromatic rings. The first-order valence-corrected chi connectivity index (χ1v) is 11.2. The molecule has 0 radical (unpaired) electrons. The average molecular weight is 393 g/mol. The third kappa shape index (κ3) is 5.28. The maximum atomic E-state index is 14.5. The van der Waals surface area contributed by atoms with Crippen molar-refractivity contribution in [1.82, 2.24) is 0 Å². The number of hydrogen-bond donors (Lipinski definition) is 0. The van der Waals surface area contributed by atoms with Gasteiger partial charge in [-0.25, -0.2) is 4.39 Å². The van der Waals surface area contributed by atoms with Crippen LogP contribution in [0.3, 0.4) is 0 Å². The molecule has 0 unspecified atom stereocenters. The van der Waals surface area contributed by atoms with E-state index in [1.807, 2.05) is 13.0 Å². The minimum absolute atomic E-state index is 0.133. The Hall–Kier alpha value is -1.02. The predicted octanol–water partition coefficient (Wildman–Crippen LogP) is 7.61. The van der Waals surface area contributed by atoms with Gasteiger partial charge >= 0.3 is 0 Å². The van der Waals surface area contributed by atoms with Crippen LogP contribution >= 0.6 is 11.6 Å². The Morgan fingerprint density at radius 2 is 1.70 bits per heavy atom. The minimum atomic E-state index is -0.296. The third-order valence-electron chi connectivity index (χ3n) is 6.96. The van der Waals surface area contributed by atoms with Gasteiger partial charge in [-0.2, -0.15) is 0 Å². The van der Waals surface area contributed by atoms with Crippen molar-refractivity contribution in [3.63, 3.8) is 0 Å². The van der Waals surface area contributed by atoms with Crippen molar-refractivity contribution < 1.29 is 9.13 Å². The largest absolute Gasteiger partial charge is 0.492 e. The molecule has 2 aliphatic rings. The lowest BCUT2D eigenvalue weighted by molar-refractivity contribution is 0.152. The van der Waals surface area contributed by atoms with E-state index < -0.39 is 0 Å². The summed E-state index contributed by atoms with van der Waals surface area (Å²) in [6.07, 6.45) is 14.8. The number of hydrogen-bond acceptors (Lipinski definition) is 1. The highest BCUT2D eigenvalue weighted by Gasteiger charge is 2.30. The molecule has 0 N–H and O–H groups in total. The standard InChI is InChI=1S/C24H34ClFO/c1-3-17-5-10-19(11-6-17)20-12-7-18(8-13-20)9-14-21-15-16-22(27-4-2)23(25)24(21)26/h3,15-20H,1,4-14H2,2H3. The van der Waals surface area contributed by atoms with Gasteiger partial charge in [-0.15, -0.1) is 6.58 Å². The summed E-state index contributed by atoms with van der Waals surface area (Å²) in [5.74, 6) is 3.50. The summed E-state index contributed by atoms with van der Waals surface area (Å²) < 4.78 is 19.9. The second-order valence-electron chi connectivity index (χ2n) is 8.51. The van der Waals surface area contributed by atoms with Crippen LogP contribution < -0.4 is 4.74 Å². The second-order valence-corrected chi connectivity index (χ2v) is 8.89. The summed E-state index contributed by atoms with van der Waals surface area (Å²) in [4.78, 5) is 0. The Kier molecular flexibility index (Phi) is 7.64. The summed E-state index contributed by atoms with van der Waals surface area (Å²) >= 11 is 6.12. The molecule has 0 saturated heterocycles. The van der Waals surface area contributed by atoms with Crippen molar-refractivity contribution in [3.8, 4) is 5.75 Å². The maximum Gasteiger partial charge on any atom is 0.148 e. The van der Waals surface area contributed by atoms with Crippen LogP contribution in [0.2, 0.25) is 5.02 Å². The quantitative estimate of drug-likeness (QED) is 0.434. The minimum Gasteiger partial charge on any atom is -0.492 e. The molecule has 2 aliphatic carbocycles. The number of ether oxygens (including phenoxy) is 1. The normalized spacial score (nSPS) is 28.7. The lowest BCUT2D eigenvalue weighted by Gasteiger charge is -2.37.